The zero-order valence-corrected chi connectivity index (χ0v) is 12.6. The highest BCUT2D eigenvalue weighted by atomic mass is 79.9. The van der Waals surface area contributed by atoms with Crippen LogP contribution in [0.15, 0.2) is 22.7 Å². The van der Waals surface area contributed by atoms with Gasteiger partial charge in [0.1, 0.15) is 5.75 Å². The zero-order chi connectivity index (χ0) is 13.6. The number of halogens is 1. The van der Waals surface area contributed by atoms with Crippen molar-refractivity contribution in [1.29, 1.82) is 0 Å². The lowest BCUT2D eigenvalue weighted by Gasteiger charge is -2.19. The number of hydrogen-bond acceptors (Lipinski definition) is 3. The van der Waals surface area contributed by atoms with Crippen LogP contribution in [0.3, 0.4) is 0 Å². The van der Waals surface area contributed by atoms with Crippen molar-refractivity contribution in [3.05, 3.63) is 28.2 Å². The molecule has 0 saturated heterocycles. The van der Waals surface area contributed by atoms with Gasteiger partial charge in [0.05, 0.1) is 24.1 Å². The fourth-order valence-corrected chi connectivity index (χ4v) is 3.22. The van der Waals surface area contributed by atoms with E-state index >= 15 is 0 Å². The number of benzene rings is 1. The van der Waals surface area contributed by atoms with Gasteiger partial charge in [-0.1, -0.05) is 19.9 Å². The highest BCUT2D eigenvalue weighted by Crippen LogP contribution is 2.65. The lowest BCUT2D eigenvalue weighted by molar-refractivity contribution is -0.144. The molecule has 0 aromatic heterocycles. The first-order chi connectivity index (χ1) is 8.39. The summed E-state index contributed by atoms with van der Waals surface area (Å²) in [7, 11) is 3.06. The third-order valence-corrected chi connectivity index (χ3v) is 4.54. The lowest BCUT2D eigenvalue weighted by Crippen LogP contribution is -2.27. The summed E-state index contributed by atoms with van der Waals surface area (Å²) in [6.45, 7) is 4.17. The molecule has 18 heavy (non-hydrogen) atoms. The number of methoxy groups -OCH3 is 2. The van der Waals surface area contributed by atoms with Gasteiger partial charge in [-0.05, 0) is 45.5 Å². The first-order valence-electron chi connectivity index (χ1n) is 5.81. The van der Waals surface area contributed by atoms with Gasteiger partial charge in [-0.2, -0.15) is 0 Å². The zero-order valence-electron chi connectivity index (χ0n) is 11.0. The molecule has 0 amide bonds. The second kappa shape index (κ2) is 4.26. The molecule has 1 unspecified atom stereocenters. The van der Waals surface area contributed by atoms with Crippen LogP contribution in [0.2, 0.25) is 0 Å². The van der Waals surface area contributed by atoms with Crippen LogP contribution >= 0.6 is 15.9 Å². The minimum Gasteiger partial charge on any atom is -0.496 e. The van der Waals surface area contributed by atoms with E-state index in [1.807, 2.05) is 18.2 Å². The molecule has 1 saturated carbocycles. The SMILES string of the molecule is COC(=O)C1(c2ccc(OC)c(Br)c2)CC1(C)C. The smallest absolute Gasteiger partial charge is 0.316 e. The number of hydrogen-bond donors (Lipinski definition) is 0. The van der Waals surface area contributed by atoms with E-state index in [-0.39, 0.29) is 11.4 Å². The quantitative estimate of drug-likeness (QED) is 0.803. The van der Waals surface area contributed by atoms with Crippen molar-refractivity contribution in [2.45, 2.75) is 25.7 Å². The first kappa shape index (κ1) is 13.4. The van der Waals surface area contributed by atoms with E-state index in [0.717, 1.165) is 22.2 Å². The summed E-state index contributed by atoms with van der Waals surface area (Å²) in [5.74, 6) is 0.599. The molecule has 0 heterocycles. The lowest BCUT2D eigenvalue weighted by atomic mass is 9.88. The molecule has 4 heteroatoms. The Hall–Kier alpha value is -1.03. The van der Waals surface area contributed by atoms with Crippen LogP contribution in [0, 0.1) is 5.41 Å². The average Bonchev–Trinajstić information content (AvgIpc) is 2.92. The number of carbonyl (C=O) groups excluding carboxylic acids is 1. The molecule has 0 aliphatic heterocycles. The van der Waals surface area contributed by atoms with Gasteiger partial charge in [0, 0.05) is 0 Å². The minimum absolute atomic E-state index is 0.0614. The Labute approximate surface area is 116 Å². The minimum atomic E-state index is -0.517. The standard InChI is InChI=1S/C14H17BrO3/c1-13(2)8-14(13,12(16)18-4)9-5-6-11(17-3)10(15)7-9/h5-7H,8H2,1-4H3. The summed E-state index contributed by atoms with van der Waals surface area (Å²) in [5, 5.41) is 0. The molecule has 1 atom stereocenters. The normalized spacial score (nSPS) is 24.5. The van der Waals surface area contributed by atoms with Crippen molar-refractivity contribution in [1.82, 2.24) is 0 Å². The fourth-order valence-electron chi connectivity index (χ4n) is 2.68. The van der Waals surface area contributed by atoms with E-state index in [9.17, 15) is 4.79 Å². The molecule has 3 nitrogen and oxygen atoms in total. The molecule has 0 bridgehead atoms. The van der Waals surface area contributed by atoms with E-state index in [0.29, 0.717) is 0 Å². The fraction of sp³-hybridized carbons (Fsp3) is 0.500. The summed E-state index contributed by atoms with van der Waals surface area (Å²) >= 11 is 3.46. The highest BCUT2D eigenvalue weighted by Gasteiger charge is 2.68. The summed E-state index contributed by atoms with van der Waals surface area (Å²) in [6, 6.07) is 5.76. The Balaban J connectivity index is 2.47. The summed E-state index contributed by atoms with van der Waals surface area (Å²) in [4.78, 5) is 12.1. The van der Waals surface area contributed by atoms with Crippen molar-refractivity contribution in [3.63, 3.8) is 0 Å². The molecule has 0 N–H and O–H groups in total. The van der Waals surface area contributed by atoms with Crippen LogP contribution in [-0.4, -0.2) is 20.2 Å². The largest absolute Gasteiger partial charge is 0.496 e. The van der Waals surface area contributed by atoms with E-state index < -0.39 is 5.41 Å². The number of ether oxygens (including phenoxy) is 2. The van der Waals surface area contributed by atoms with Crippen LogP contribution in [-0.2, 0) is 14.9 Å². The second-order valence-electron chi connectivity index (χ2n) is 5.31. The predicted molar refractivity (Wildman–Crippen MR) is 72.8 cm³/mol. The maximum atomic E-state index is 12.1. The van der Waals surface area contributed by atoms with Crippen LogP contribution in [0.25, 0.3) is 0 Å². The van der Waals surface area contributed by atoms with Gasteiger partial charge in [0.2, 0.25) is 0 Å². The van der Waals surface area contributed by atoms with Crippen LogP contribution in [0.4, 0.5) is 0 Å². The molecule has 2 rings (SSSR count). The van der Waals surface area contributed by atoms with E-state index in [1.165, 1.54) is 7.11 Å². The Bertz CT molecular complexity index is 496. The van der Waals surface area contributed by atoms with Crippen molar-refractivity contribution < 1.29 is 14.3 Å². The van der Waals surface area contributed by atoms with Gasteiger partial charge in [-0.15, -0.1) is 0 Å². The molecular weight excluding hydrogens is 296 g/mol. The first-order valence-corrected chi connectivity index (χ1v) is 6.61. The summed E-state index contributed by atoms with van der Waals surface area (Å²) in [5.41, 5.74) is 0.400. The average molecular weight is 313 g/mol. The Kier molecular flexibility index (Phi) is 3.18. The monoisotopic (exact) mass is 312 g/mol. The van der Waals surface area contributed by atoms with E-state index in [4.69, 9.17) is 9.47 Å². The number of esters is 1. The van der Waals surface area contributed by atoms with Crippen LogP contribution in [0.5, 0.6) is 5.75 Å². The van der Waals surface area contributed by atoms with Crippen molar-refractivity contribution in [2.24, 2.45) is 5.41 Å². The van der Waals surface area contributed by atoms with Crippen LogP contribution in [0.1, 0.15) is 25.8 Å². The van der Waals surface area contributed by atoms with Crippen molar-refractivity contribution in [2.75, 3.05) is 14.2 Å². The van der Waals surface area contributed by atoms with E-state index in [1.54, 1.807) is 7.11 Å². The topological polar surface area (TPSA) is 35.5 Å². The maximum Gasteiger partial charge on any atom is 0.316 e. The molecule has 1 aliphatic rings. The van der Waals surface area contributed by atoms with Gasteiger partial charge in [0.25, 0.3) is 0 Å². The van der Waals surface area contributed by atoms with Gasteiger partial charge in [-0.3, -0.25) is 4.79 Å². The predicted octanol–water partition coefficient (Wildman–Crippen LogP) is 3.30. The molecule has 98 valence electrons. The van der Waals surface area contributed by atoms with Crippen molar-refractivity contribution in [3.8, 4) is 5.75 Å². The molecule has 1 aliphatic carbocycles. The van der Waals surface area contributed by atoms with E-state index in [2.05, 4.69) is 29.8 Å². The maximum absolute atomic E-state index is 12.1. The molecule has 1 aromatic carbocycles. The molecule has 1 fully saturated rings. The summed E-state index contributed by atoms with van der Waals surface area (Å²) < 4.78 is 11.0. The Morgan fingerprint density at radius 3 is 2.33 bits per heavy atom. The van der Waals surface area contributed by atoms with Gasteiger partial charge < -0.3 is 9.47 Å². The molecular formula is C14H17BrO3. The van der Waals surface area contributed by atoms with Crippen molar-refractivity contribution >= 4 is 21.9 Å². The van der Waals surface area contributed by atoms with Gasteiger partial charge in [0.15, 0.2) is 0 Å². The number of carbonyl (C=O) groups is 1. The Morgan fingerprint density at radius 2 is 1.94 bits per heavy atom. The third kappa shape index (κ3) is 1.74. The second-order valence-corrected chi connectivity index (χ2v) is 6.16. The van der Waals surface area contributed by atoms with Crippen LogP contribution < -0.4 is 4.74 Å². The van der Waals surface area contributed by atoms with Gasteiger partial charge in [-0.25, -0.2) is 0 Å². The molecule has 1 aromatic rings. The Morgan fingerprint density at radius 1 is 1.33 bits per heavy atom. The highest BCUT2D eigenvalue weighted by molar-refractivity contribution is 9.10. The summed E-state index contributed by atoms with van der Waals surface area (Å²) in [6.07, 6.45) is 0.811. The van der Waals surface area contributed by atoms with Gasteiger partial charge >= 0.3 is 5.97 Å². The third-order valence-electron chi connectivity index (χ3n) is 3.92. The number of rotatable bonds is 3. The molecule has 0 radical (unpaired) electrons. The molecule has 0 spiro atoms.